The monoisotopic (exact) mass is 336 g/mol. The fourth-order valence-corrected chi connectivity index (χ4v) is 3.66. The highest BCUT2D eigenvalue weighted by molar-refractivity contribution is 5.97. The van der Waals surface area contributed by atoms with Crippen LogP contribution in [0.2, 0.25) is 0 Å². The molecule has 0 aromatic heterocycles. The van der Waals surface area contributed by atoms with E-state index in [9.17, 15) is 4.79 Å². The van der Waals surface area contributed by atoms with Gasteiger partial charge in [-0.25, -0.2) is 0 Å². The Labute approximate surface area is 148 Å². The minimum Gasteiger partial charge on any atom is -0.457 e. The second-order valence-electron chi connectivity index (χ2n) is 6.86. The lowest BCUT2D eigenvalue weighted by Crippen LogP contribution is -2.51. The second kappa shape index (κ2) is 7.28. The van der Waals surface area contributed by atoms with Crippen molar-refractivity contribution in [1.29, 1.82) is 0 Å². The van der Waals surface area contributed by atoms with Gasteiger partial charge in [-0.15, -0.1) is 0 Å². The number of para-hydroxylation sites is 2. The Morgan fingerprint density at radius 2 is 1.72 bits per heavy atom. The maximum Gasteiger partial charge on any atom is 0.258 e. The van der Waals surface area contributed by atoms with Crippen LogP contribution in [0, 0.1) is 0 Å². The number of carbonyl (C=O) groups excluding carboxylic acids is 1. The summed E-state index contributed by atoms with van der Waals surface area (Å²) >= 11 is 0. The molecule has 0 radical (unpaired) electrons. The zero-order valence-electron chi connectivity index (χ0n) is 14.4. The zero-order chi connectivity index (χ0) is 17.1. The number of hydrogen-bond acceptors (Lipinski definition) is 3. The van der Waals surface area contributed by atoms with Crippen molar-refractivity contribution in [3.63, 3.8) is 0 Å². The number of rotatable bonds is 5. The van der Waals surface area contributed by atoms with E-state index in [0.29, 0.717) is 23.4 Å². The van der Waals surface area contributed by atoms with Crippen molar-refractivity contribution in [3.05, 3.63) is 60.2 Å². The molecule has 130 valence electrons. The maximum absolute atomic E-state index is 13.4. The van der Waals surface area contributed by atoms with Gasteiger partial charge >= 0.3 is 0 Å². The van der Waals surface area contributed by atoms with E-state index in [1.54, 1.807) is 0 Å². The van der Waals surface area contributed by atoms with Gasteiger partial charge in [0.05, 0.1) is 5.56 Å². The van der Waals surface area contributed by atoms with E-state index in [1.165, 1.54) is 6.42 Å². The molecule has 25 heavy (non-hydrogen) atoms. The van der Waals surface area contributed by atoms with E-state index in [-0.39, 0.29) is 5.91 Å². The number of ether oxygens (including phenoxy) is 1. The van der Waals surface area contributed by atoms with E-state index in [1.807, 2.05) is 54.6 Å². The Bertz CT molecular complexity index is 722. The molecule has 1 aliphatic heterocycles. The summed E-state index contributed by atoms with van der Waals surface area (Å²) in [7, 11) is 0. The lowest BCUT2D eigenvalue weighted by atomic mass is 9.89. The topological polar surface area (TPSA) is 41.6 Å². The highest BCUT2D eigenvalue weighted by Crippen LogP contribution is 2.32. The molecule has 2 aromatic rings. The van der Waals surface area contributed by atoms with Crippen LogP contribution in [0.4, 0.5) is 0 Å². The average molecular weight is 336 g/mol. The molecule has 1 heterocycles. The first-order valence-electron chi connectivity index (χ1n) is 9.18. The first-order chi connectivity index (χ1) is 12.3. The van der Waals surface area contributed by atoms with Crippen LogP contribution in [0.25, 0.3) is 0 Å². The largest absolute Gasteiger partial charge is 0.457 e. The number of benzene rings is 2. The first-order valence-corrected chi connectivity index (χ1v) is 9.18. The predicted molar refractivity (Wildman–Crippen MR) is 98.0 cm³/mol. The Morgan fingerprint density at radius 3 is 2.40 bits per heavy atom. The quantitative estimate of drug-likeness (QED) is 0.902. The molecule has 1 unspecified atom stereocenters. The van der Waals surface area contributed by atoms with Crippen LogP contribution in [-0.4, -0.2) is 36.0 Å². The number of carbonyl (C=O) groups is 1. The lowest BCUT2D eigenvalue weighted by molar-refractivity contribution is 0.0463. The highest BCUT2D eigenvalue weighted by atomic mass is 16.5. The zero-order valence-corrected chi connectivity index (χ0v) is 14.4. The molecule has 1 saturated carbocycles. The molecule has 4 heteroatoms. The summed E-state index contributed by atoms with van der Waals surface area (Å²) in [6, 6.07) is 17.9. The fraction of sp³-hybridized carbons (Fsp3) is 0.381. The van der Waals surface area contributed by atoms with E-state index in [0.717, 1.165) is 38.1 Å². The number of nitrogens with one attached hydrogen (secondary N) is 1. The maximum atomic E-state index is 13.4. The summed E-state index contributed by atoms with van der Waals surface area (Å²) < 4.78 is 6.01. The SMILES string of the molecule is O=C(c1ccccc1Oc1ccccc1)N(C1CCC1)C1CCNC1. The second-order valence-corrected chi connectivity index (χ2v) is 6.86. The molecule has 1 atom stereocenters. The fourth-order valence-electron chi connectivity index (χ4n) is 3.66. The Kier molecular flexibility index (Phi) is 4.70. The predicted octanol–water partition coefficient (Wildman–Crippen LogP) is 3.84. The van der Waals surface area contributed by atoms with Gasteiger partial charge in [0.1, 0.15) is 11.5 Å². The van der Waals surface area contributed by atoms with Crippen LogP contribution in [0.5, 0.6) is 11.5 Å². The van der Waals surface area contributed by atoms with Gasteiger partial charge in [-0.3, -0.25) is 4.79 Å². The third-order valence-electron chi connectivity index (χ3n) is 5.22. The van der Waals surface area contributed by atoms with E-state index in [2.05, 4.69) is 10.2 Å². The molecule has 4 nitrogen and oxygen atoms in total. The van der Waals surface area contributed by atoms with Gasteiger partial charge in [-0.1, -0.05) is 30.3 Å². The molecule has 1 N–H and O–H groups in total. The molecule has 1 amide bonds. The molecular formula is C21H24N2O2. The average Bonchev–Trinajstić information content (AvgIpc) is 3.13. The molecule has 2 aromatic carbocycles. The molecule has 0 spiro atoms. The van der Waals surface area contributed by atoms with Gasteiger partial charge in [0.2, 0.25) is 0 Å². The first kappa shape index (κ1) is 16.2. The van der Waals surface area contributed by atoms with Gasteiger partial charge in [0, 0.05) is 18.6 Å². The summed E-state index contributed by atoms with van der Waals surface area (Å²) in [5.41, 5.74) is 0.658. The molecule has 0 bridgehead atoms. The minimum absolute atomic E-state index is 0.102. The standard InChI is InChI=1S/C21H24N2O2/c24-21(23(16-7-6-8-16)17-13-14-22-15-17)19-11-4-5-12-20(19)25-18-9-2-1-3-10-18/h1-5,9-12,16-17,22H,6-8,13-15H2. The summed E-state index contributed by atoms with van der Waals surface area (Å²) in [5, 5.41) is 3.39. The van der Waals surface area contributed by atoms with Crippen LogP contribution < -0.4 is 10.1 Å². The Balaban J connectivity index is 1.62. The summed E-state index contributed by atoms with van der Waals surface area (Å²) in [4.78, 5) is 15.5. The van der Waals surface area contributed by atoms with Gasteiger partial charge < -0.3 is 15.0 Å². The van der Waals surface area contributed by atoms with Gasteiger partial charge in [0.15, 0.2) is 0 Å². The number of amides is 1. The van der Waals surface area contributed by atoms with Gasteiger partial charge in [-0.2, -0.15) is 0 Å². The van der Waals surface area contributed by atoms with Gasteiger partial charge in [0.25, 0.3) is 5.91 Å². The van der Waals surface area contributed by atoms with Crippen LogP contribution in [0.15, 0.2) is 54.6 Å². The molecule has 4 rings (SSSR count). The van der Waals surface area contributed by atoms with E-state index in [4.69, 9.17) is 4.74 Å². The van der Waals surface area contributed by atoms with Crippen molar-refractivity contribution < 1.29 is 9.53 Å². The number of hydrogen-bond donors (Lipinski definition) is 1. The van der Waals surface area contributed by atoms with Gasteiger partial charge in [-0.05, 0) is 56.5 Å². The summed E-state index contributed by atoms with van der Waals surface area (Å²) in [6.07, 6.45) is 4.48. The van der Waals surface area contributed by atoms with Crippen LogP contribution in [0.1, 0.15) is 36.0 Å². The third kappa shape index (κ3) is 3.40. The molecule has 1 aliphatic carbocycles. The smallest absolute Gasteiger partial charge is 0.258 e. The van der Waals surface area contributed by atoms with Crippen molar-refractivity contribution in [3.8, 4) is 11.5 Å². The van der Waals surface area contributed by atoms with Crippen molar-refractivity contribution in [1.82, 2.24) is 10.2 Å². The van der Waals surface area contributed by atoms with E-state index < -0.39 is 0 Å². The van der Waals surface area contributed by atoms with Crippen LogP contribution in [-0.2, 0) is 0 Å². The molecule has 1 saturated heterocycles. The Morgan fingerprint density at radius 1 is 0.960 bits per heavy atom. The summed E-state index contributed by atoms with van der Waals surface area (Å²) in [6.45, 7) is 1.88. The lowest BCUT2D eigenvalue weighted by Gasteiger charge is -2.41. The van der Waals surface area contributed by atoms with Crippen LogP contribution >= 0.6 is 0 Å². The molecule has 2 aliphatic rings. The van der Waals surface area contributed by atoms with Crippen molar-refractivity contribution >= 4 is 5.91 Å². The minimum atomic E-state index is 0.102. The highest BCUT2D eigenvalue weighted by Gasteiger charge is 2.36. The summed E-state index contributed by atoms with van der Waals surface area (Å²) in [5.74, 6) is 1.49. The van der Waals surface area contributed by atoms with Crippen molar-refractivity contribution in [2.75, 3.05) is 13.1 Å². The molecule has 2 fully saturated rings. The molecular weight excluding hydrogens is 312 g/mol. The Hall–Kier alpha value is -2.33. The normalized spacial score (nSPS) is 20.1. The van der Waals surface area contributed by atoms with E-state index >= 15 is 0 Å². The van der Waals surface area contributed by atoms with Crippen molar-refractivity contribution in [2.24, 2.45) is 0 Å². The number of nitrogens with zero attached hydrogens (tertiary/aromatic N) is 1. The van der Waals surface area contributed by atoms with Crippen molar-refractivity contribution in [2.45, 2.75) is 37.8 Å². The third-order valence-corrected chi connectivity index (χ3v) is 5.22. The van der Waals surface area contributed by atoms with Crippen LogP contribution in [0.3, 0.4) is 0 Å².